The second-order valence-corrected chi connectivity index (χ2v) is 7.36. The van der Waals surface area contributed by atoms with E-state index in [9.17, 15) is 45.0 Å². The summed E-state index contributed by atoms with van der Waals surface area (Å²) in [6, 6.07) is 0. The molecule has 0 aliphatic heterocycles. The van der Waals surface area contributed by atoms with Crippen molar-refractivity contribution < 1.29 is 30.6 Å². The topological polar surface area (TPSA) is 187 Å². The van der Waals surface area contributed by atoms with Crippen molar-refractivity contribution in [2.45, 2.75) is 38.9 Å². The first-order valence-electron chi connectivity index (χ1n) is 9.97. The highest BCUT2D eigenvalue weighted by molar-refractivity contribution is 4.80. The molecule has 0 aliphatic rings. The van der Waals surface area contributed by atoms with Crippen molar-refractivity contribution in [1.29, 1.82) is 0 Å². The maximum Gasteiger partial charge on any atom is 0.336 e. The number of rotatable bonds is 15. The van der Waals surface area contributed by atoms with E-state index >= 15 is 0 Å². The molecule has 6 N–H and O–H groups in total. The first-order chi connectivity index (χ1) is 14.4. The second kappa shape index (κ2) is 13.5. The van der Waals surface area contributed by atoms with Crippen molar-refractivity contribution in [3.8, 4) is 0 Å². The molecule has 0 aromatic carbocycles. The molecule has 12 heteroatoms. The Hall–Kier alpha value is -1.83. The maximum atomic E-state index is 12.8. The largest absolute Gasteiger partial charge is 0.396 e. The molecule has 1 heterocycles. The van der Waals surface area contributed by atoms with Gasteiger partial charge in [-0.25, -0.2) is 28.1 Å². The molecular weight excluding hydrogens is 402 g/mol. The van der Waals surface area contributed by atoms with Crippen LogP contribution in [0.3, 0.4) is 0 Å². The van der Waals surface area contributed by atoms with Gasteiger partial charge in [-0.2, -0.15) is 0 Å². The summed E-state index contributed by atoms with van der Waals surface area (Å²) >= 11 is 0. The summed E-state index contributed by atoms with van der Waals surface area (Å²) in [5, 5.41) is 55.3. The number of aliphatic hydroxyl groups is 6. The van der Waals surface area contributed by atoms with Gasteiger partial charge in [0.25, 0.3) is 0 Å². The number of nitrogens with zero attached hydrogens (tertiary/aromatic N) is 3. The van der Waals surface area contributed by atoms with Crippen molar-refractivity contribution in [3.63, 3.8) is 0 Å². The van der Waals surface area contributed by atoms with E-state index < -0.39 is 34.8 Å². The van der Waals surface area contributed by atoms with E-state index in [4.69, 9.17) is 0 Å². The molecule has 0 saturated heterocycles. The van der Waals surface area contributed by atoms with Gasteiger partial charge < -0.3 is 30.6 Å². The summed E-state index contributed by atoms with van der Waals surface area (Å²) < 4.78 is 2.54. The van der Waals surface area contributed by atoms with Crippen LogP contribution in [0.25, 0.3) is 0 Å². The van der Waals surface area contributed by atoms with Crippen molar-refractivity contribution in [1.82, 2.24) is 13.7 Å². The summed E-state index contributed by atoms with van der Waals surface area (Å²) in [4.78, 5) is 38.3. The standard InChI is InChI=1S/C18H33N3O9/c22-7-13(8-23)1-4-19-16(28)20(5-2-14(9-24)10-25)18(30)21(17(19)29)6-3-15(11-26)12-27/h13-15,22-27H,1-12H2. The van der Waals surface area contributed by atoms with Gasteiger partial charge in [-0.05, 0) is 19.3 Å². The molecule has 0 radical (unpaired) electrons. The Labute approximate surface area is 172 Å². The lowest BCUT2D eigenvalue weighted by molar-refractivity contribution is 0.135. The molecule has 30 heavy (non-hydrogen) atoms. The van der Waals surface area contributed by atoms with E-state index in [1.165, 1.54) is 0 Å². The van der Waals surface area contributed by atoms with Crippen molar-refractivity contribution in [2.24, 2.45) is 17.8 Å². The van der Waals surface area contributed by atoms with Gasteiger partial charge in [-0.3, -0.25) is 0 Å². The molecule has 1 rings (SSSR count). The summed E-state index contributed by atoms with van der Waals surface area (Å²) in [6.45, 7) is -2.37. The average Bonchev–Trinajstić information content (AvgIpc) is 2.76. The molecular formula is C18H33N3O9. The van der Waals surface area contributed by atoms with Crippen molar-refractivity contribution in [3.05, 3.63) is 31.5 Å². The number of aromatic nitrogens is 3. The second-order valence-electron chi connectivity index (χ2n) is 7.36. The van der Waals surface area contributed by atoms with E-state index in [0.29, 0.717) is 0 Å². The Balaban J connectivity index is 3.35. The van der Waals surface area contributed by atoms with E-state index in [0.717, 1.165) is 13.7 Å². The predicted molar refractivity (Wildman–Crippen MR) is 106 cm³/mol. The normalized spacial score (nSPS) is 11.9. The van der Waals surface area contributed by atoms with Crippen LogP contribution in [0.4, 0.5) is 0 Å². The van der Waals surface area contributed by atoms with Gasteiger partial charge in [0.05, 0.1) is 0 Å². The van der Waals surface area contributed by atoms with Crippen LogP contribution in [0.5, 0.6) is 0 Å². The predicted octanol–water partition coefficient (Wildman–Crippen LogP) is -3.86. The van der Waals surface area contributed by atoms with Crippen molar-refractivity contribution in [2.75, 3.05) is 39.6 Å². The lowest BCUT2D eigenvalue weighted by Gasteiger charge is -2.18. The lowest BCUT2D eigenvalue weighted by Crippen LogP contribution is -2.55. The molecule has 0 aliphatic carbocycles. The Morgan fingerprint density at radius 1 is 0.467 bits per heavy atom. The molecule has 0 amide bonds. The summed E-state index contributed by atoms with van der Waals surface area (Å²) in [6.07, 6.45) is 0.393. The first kappa shape index (κ1) is 26.2. The fourth-order valence-electron chi connectivity index (χ4n) is 2.91. The van der Waals surface area contributed by atoms with Gasteiger partial charge in [0.2, 0.25) is 0 Å². The van der Waals surface area contributed by atoms with Gasteiger partial charge in [0, 0.05) is 77.0 Å². The minimum atomic E-state index is -0.855. The zero-order valence-electron chi connectivity index (χ0n) is 17.0. The SMILES string of the molecule is O=c1n(CCC(CO)CO)c(=O)n(CCC(CO)CO)c(=O)n1CCC(CO)CO. The highest BCUT2D eigenvalue weighted by Gasteiger charge is 2.19. The molecule has 12 nitrogen and oxygen atoms in total. The molecule has 0 saturated carbocycles. The zero-order valence-corrected chi connectivity index (χ0v) is 17.0. The molecule has 174 valence electrons. The average molecular weight is 435 g/mol. The van der Waals surface area contributed by atoms with Crippen LogP contribution in [-0.2, 0) is 19.6 Å². The van der Waals surface area contributed by atoms with E-state index in [-0.39, 0.29) is 78.5 Å². The Morgan fingerprint density at radius 3 is 0.833 bits per heavy atom. The van der Waals surface area contributed by atoms with Crippen LogP contribution in [0.2, 0.25) is 0 Å². The summed E-state index contributed by atoms with van der Waals surface area (Å²) in [7, 11) is 0. The third kappa shape index (κ3) is 6.86. The fraction of sp³-hybridized carbons (Fsp3) is 0.833. The lowest BCUT2D eigenvalue weighted by atomic mass is 10.1. The molecule has 1 aromatic heterocycles. The number of hydrogen-bond donors (Lipinski definition) is 6. The van der Waals surface area contributed by atoms with E-state index in [2.05, 4.69) is 0 Å². The Kier molecular flexibility index (Phi) is 11.8. The minimum Gasteiger partial charge on any atom is -0.396 e. The van der Waals surface area contributed by atoms with E-state index in [1.54, 1.807) is 0 Å². The smallest absolute Gasteiger partial charge is 0.336 e. The van der Waals surface area contributed by atoms with Crippen LogP contribution in [0.15, 0.2) is 14.4 Å². The Bertz CT molecular complexity index is 655. The van der Waals surface area contributed by atoms with Gasteiger partial charge in [-0.1, -0.05) is 0 Å². The van der Waals surface area contributed by atoms with Crippen molar-refractivity contribution >= 4 is 0 Å². The van der Waals surface area contributed by atoms with Crippen LogP contribution in [0, 0.1) is 17.8 Å². The first-order valence-corrected chi connectivity index (χ1v) is 9.97. The van der Waals surface area contributed by atoms with E-state index in [1.807, 2.05) is 0 Å². The zero-order chi connectivity index (χ0) is 22.7. The quantitative estimate of drug-likeness (QED) is 0.160. The highest BCUT2D eigenvalue weighted by atomic mass is 16.3. The summed E-state index contributed by atoms with van der Waals surface area (Å²) in [5.41, 5.74) is -2.57. The summed E-state index contributed by atoms with van der Waals surface area (Å²) in [5.74, 6) is -1.61. The van der Waals surface area contributed by atoms with Gasteiger partial charge in [0.15, 0.2) is 0 Å². The monoisotopic (exact) mass is 435 g/mol. The molecule has 0 atom stereocenters. The fourth-order valence-corrected chi connectivity index (χ4v) is 2.91. The molecule has 0 spiro atoms. The van der Waals surface area contributed by atoms with Crippen LogP contribution in [-0.4, -0.2) is 84.0 Å². The van der Waals surface area contributed by atoms with Crippen LogP contribution in [0.1, 0.15) is 19.3 Å². The molecule has 0 fully saturated rings. The highest BCUT2D eigenvalue weighted by Crippen LogP contribution is 2.04. The maximum absolute atomic E-state index is 12.8. The van der Waals surface area contributed by atoms with Gasteiger partial charge in [-0.15, -0.1) is 0 Å². The van der Waals surface area contributed by atoms with Crippen LogP contribution < -0.4 is 17.1 Å². The van der Waals surface area contributed by atoms with Crippen LogP contribution >= 0.6 is 0 Å². The van der Waals surface area contributed by atoms with Gasteiger partial charge >= 0.3 is 17.1 Å². The number of aliphatic hydroxyl groups excluding tert-OH is 6. The molecule has 0 bridgehead atoms. The number of hydrogen-bond acceptors (Lipinski definition) is 9. The third-order valence-electron chi connectivity index (χ3n) is 5.22. The van der Waals surface area contributed by atoms with Gasteiger partial charge in [0.1, 0.15) is 0 Å². The minimum absolute atomic E-state index is 0.128. The molecule has 0 unspecified atom stereocenters. The third-order valence-corrected chi connectivity index (χ3v) is 5.22. The Morgan fingerprint density at radius 2 is 0.667 bits per heavy atom. The molecule has 1 aromatic rings.